The zero-order valence-electron chi connectivity index (χ0n) is 34.0. The predicted octanol–water partition coefficient (Wildman–Crippen LogP) is 7.82. The summed E-state index contributed by atoms with van der Waals surface area (Å²) in [5.41, 5.74) is -4.93. The van der Waals surface area contributed by atoms with Gasteiger partial charge in [-0.25, -0.2) is 0 Å². The Kier molecular flexibility index (Phi) is 10.2. The van der Waals surface area contributed by atoms with Gasteiger partial charge in [0, 0.05) is 11.3 Å². The molecule has 4 aliphatic carbocycles. The first kappa shape index (κ1) is 41.0. The van der Waals surface area contributed by atoms with E-state index in [9.17, 15) is 34.5 Å². The van der Waals surface area contributed by atoms with Gasteiger partial charge in [0.15, 0.2) is 0 Å². The lowest BCUT2D eigenvalue weighted by molar-refractivity contribution is -0.283. The Bertz CT molecular complexity index is 1450. The van der Waals surface area contributed by atoms with E-state index in [0.717, 1.165) is 32.1 Å². The van der Waals surface area contributed by atoms with E-state index in [2.05, 4.69) is 55.4 Å². The highest BCUT2D eigenvalue weighted by atomic mass is 16.6. The summed E-state index contributed by atoms with van der Waals surface area (Å²) in [5, 5.41) is 31.9. The molecule has 3 N–H and O–H groups in total. The molecule has 5 fully saturated rings. The number of ether oxygens (including phenoxy) is 3. The molecule has 0 bridgehead atoms. The van der Waals surface area contributed by atoms with Crippen LogP contribution in [0.2, 0.25) is 0 Å². The second-order valence-electron chi connectivity index (χ2n) is 21.2. The number of carboxylic acid groups (broad SMARTS) is 2. The lowest BCUT2D eigenvalue weighted by Gasteiger charge is -2.71. The van der Waals surface area contributed by atoms with Crippen molar-refractivity contribution in [2.45, 2.75) is 183 Å². The molecule has 296 valence electrons. The summed E-state index contributed by atoms with van der Waals surface area (Å²) >= 11 is 0. The van der Waals surface area contributed by atoms with Crippen molar-refractivity contribution in [3.05, 3.63) is 0 Å². The highest BCUT2D eigenvalue weighted by Crippen LogP contribution is 2.76. The van der Waals surface area contributed by atoms with Crippen molar-refractivity contribution in [3.63, 3.8) is 0 Å². The maximum absolute atomic E-state index is 13.8. The monoisotopic (exact) mass is 732 g/mol. The summed E-state index contributed by atoms with van der Waals surface area (Å²) in [6.07, 6.45) is 5.05. The van der Waals surface area contributed by atoms with Gasteiger partial charge in [0.25, 0.3) is 0 Å². The van der Waals surface area contributed by atoms with Gasteiger partial charge in [-0.05, 0) is 140 Å². The number of carbonyl (C=O) groups excluding carboxylic acids is 2. The first-order valence-corrected chi connectivity index (χ1v) is 19.8. The molecular formula is C42H68O10. The summed E-state index contributed by atoms with van der Waals surface area (Å²) in [6.45, 7) is 23.7. The van der Waals surface area contributed by atoms with Crippen LogP contribution in [0.15, 0.2) is 0 Å². The summed E-state index contributed by atoms with van der Waals surface area (Å²) in [7, 11) is 0. The van der Waals surface area contributed by atoms with Crippen LogP contribution in [-0.2, 0) is 33.4 Å². The average Bonchev–Trinajstić information content (AvgIpc) is 3.35. The van der Waals surface area contributed by atoms with Gasteiger partial charge in [-0.15, -0.1) is 0 Å². The van der Waals surface area contributed by atoms with Crippen LogP contribution < -0.4 is 0 Å². The van der Waals surface area contributed by atoms with Crippen molar-refractivity contribution in [3.8, 4) is 0 Å². The Morgan fingerprint density at radius 3 is 1.85 bits per heavy atom. The molecule has 5 aliphatic rings. The van der Waals surface area contributed by atoms with Crippen LogP contribution >= 0.6 is 0 Å². The largest absolute Gasteiger partial charge is 0.481 e. The number of carbonyl (C=O) groups is 4. The molecule has 0 aromatic carbocycles. The maximum Gasteiger partial charge on any atom is 0.309 e. The Labute approximate surface area is 311 Å². The molecule has 0 aromatic rings. The summed E-state index contributed by atoms with van der Waals surface area (Å²) in [5.74, 6) is -3.32. The number of rotatable bonds is 9. The molecule has 5 rings (SSSR count). The minimum Gasteiger partial charge on any atom is -0.481 e. The Morgan fingerprint density at radius 1 is 0.750 bits per heavy atom. The summed E-state index contributed by atoms with van der Waals surface area (Å²) in [6, 6.07) is 0. The average molecular weight is 733 g/mol. The zero-order chi connectivity index (χ0) is 39.3. The van der Waals surface area contributed by atoms with Gasteiger partial charge in [0.05, 0.1) is 41.0 Å². The molecule has 0 radical (unpaired) electrons. The van der Waals surface area contributed by atoms with Crippen LogP contribution in [-0.4, -0.2) is 68.7 Å². The molecule has 52 heavy (non-hydrogen) atoms. The highest BCUT2D eigenvalue weighted by molar-refractivity contribution is 5.82. The van der Waals surface area contributed by atoms with Gasteiger partial charge in [-0.2, -0.15) is 0 Å². The third-order valence-electron chi connectivity index (χ3n) is 15.8. The van der Waals surface area contributed by atoms with Crippen molar-refractivity contribution in [1.29, 1.82) is 0 Å². The number of hydrogen-bond acceptors (Lipinski definition) is 8. The molecule has 11 atom stereocenters. The second-order valence-corrected chi connectivity index (χ2v) is 21.2. The van der Waals surface area contributed by atoms with Crippen LogP contribution in [0.5, 0.6) is 0 Å². The Morgan fingerprint density at radius 2 is 1.31 bits per heavy atom. The Balaban J connectivity index is 1.54. The van der Waals surface area contributed by atoms with Crippen LogP contribution in [0.25, 0.3) is 0 Å². The van der Waals surface area contributed by atoms with Crippen molar-refractivity contribution in [1.82, 2.24) is 0 Å². The second kappa shape index (κ2) is 12.9. The minimum atomic E-state index is -1.31. The number of esters is 2. The van der Waals surface area contributed by atoms with Gasteiger partial charge in [0.1, 0.15) is 12.2 Å². The third-order valence-corrected chi connectivity index (χ3v) is 15.8. The van der Waals surface area contributed by atoms with E-state index in [4.69, 9.17) is 14.2 Å². The van der Waals surface area contributed by atoms with Gasteiger partial charge in [-0.1, -0.05) is 34.6 Å². The van der Waals surface area contributed by atoms with E-state index in [-0.39, 0.29) is 58.5 Å². The normalized spacial score (nSPS) is 42.6. The molecule has 3 unspecified atom stereocenters. The molecule has 0 aromatic heterocycles. The molecule has 1 aliphatic heterocycles. The lowest BCUT2D eigenvalue weighted by atomic mass is 9.34. The van der Waals surface area contributed by atoms with E-state index in [1.165, 1.54) is 27.7 Å². The molecule has 10 heteroatoms. The fourth-order valence-corrected chi connectivity index (χ4v) is 13.0. The molecule has 10 nitrogen and oxygen atoms in total. The fraction of sp³-hybridized carbons (Fsp3) is 0.905. The van der Waals surface area contributed by atoms with Crippen LogP contribution in [0.4, 0.5) is 0 Å². The van der Waals surface area contributed by atoms with Gasteiger partial charge in [0.2, 0.25) is 0 Å². The number of carboxylic acids is 2. The quantitative estimate of drug-likeness (QED) is 0.200. The van der Waals surface area contributed by atoms with Crippen molar-refractivity contribution >= 4 is 23.9 Å². The molecule has 0 spiro atoms. The number of aliphatic carboxylic acids is 2. The standard InChI is InChI=1S/C42H68O10/c1-35(2,33(46)47)22-29(44)50-26-21-41(11)27(20-25(43)31-24(14-19-40(31,41)10)42(12)17-13-16-37(5,6)52-42)39(9)18-15-28(38(7,8)32(26)39)51-30(45)23-36(3,4)34(48)49/h24-28,31-32,43H,13-23H2,1-12H3,(H,46,47)(H,48,49)/t24-,25+,26-,27?,28-,31?,32?,39+,40+,41+,42+/m0/s1. The number of aliphatic hydroxyl groups excluding tert-OH is 1. The zero-order valence-corrected chi connectivity index (χ0v) is 34.0. The fourth-order valence-electron chi connectivity index (χ4n) is 13.0. The minimum absolute atomic E-state index is 0.00186. The molecule has 4 saturated carbocycles. The Hall–Kier alpha value is -2.20. The molecule has 1 heterocycles. The van der Waals surface area contributed by atoms with Crippen LogP contribution in [0, 0.1) is 56.2 Å². The van der Waals surface area contributed by atoms with E-state index >= 15 is 0 Å². The lowest BCUT2D eigenvalue weighted by Crippen LogP contribution is -2.70. The number of aliphatic hydroxyl groups is 1. The van der Waals surface area contributed by atoms with E-state index < -0.39 is 63.8 Å². The summed E-state index contributed by atoms with van der Waals surface area (Å²) in [4.78, 5) is 51.0. The first-order chi connectivity index (χ1) is 23.6. The van der Waals surface area contributed by atoms with Gasteiger partial charge >= 0.3 is 23.9 Å². The van der Waals surface area contributed by atoms with E-state index in [1.807, 2.05) is 0 Å². The van der Waals surface area contributed by atoms with Crippen LogP contribution in [0.1, 0.15) is 154 Å². The van der Waals surface area contributed by atoms with Gasteiger partial charge in [-0.3, -0.25) is 19.2 Å². The molecular weight excluding hydrogens is 664 g/mol. The van der Waals surface area contributed by atoms with Crippen LogP contribution in [0.3, 0.4) is 0 Å². The summed E-state index contributed by atoms with van der Waals surface area (Å²) < 4.78 is 19.6. The molecule has 1 saturated heterocycles. The third kappa shape index (κ3) is 6.62. The first-order valence-electron chi connectivity index (χ1n) is 19.8. The van der Waals surface area contributed by atoms with E-state index in [0.29, 0.717) is 25.7 Å². The van der Waals surface area contributed by atoms with Crippen molar-refractivity contribution in [2.24, 2.45) is 56.2 Å². The van der Waals surface area contributed by atoms with Gasteiger partial charge < -0.3 is 29.5 Å². The number of fused-ring (bicyclic) bond motifs is 5. The van der Waals surface area contributed by atoms with Crippen molar-refractivity contribution in [2.75, 3.05) is 0 Å². The van der Waals surface area contributed by atoms with E-state index in [1.54, 1.807) is 0 Å². The predicted molar refractivity (Wildman–Crippen MR) is 195 cm³/mol. The topological polar surface area (TPSA) is 157 Å². The molecule has 0 amide bonds. The number of hydrogen-bond donors (Lipinski definition) is 3. The maximum atomic E-state index is 13.8. The SMILES string of the molecule is CC1(C)CCC[C@](C)([C@H]2CC[C@]3(C)C2[C@H](O)CC2[C@@]4(C)CC[C@H](OC(=O)CC(C)(C)C(=O)O)C(C)(C)C4[C@@H](OC(=O)CC(C)(C)C(=O)O)C[C@]23C)O1. The highest BCUT2D eigenvalue weighted by Gasteiger charge is 2.74. The van der Waals surface area contributed by atoms with Crippen molar-refractivity contribution < 1.29 is 48.7 Å². The smallest absolute Gasteiger partial charge is 0.309 e.